The molecule has 86 valence electrons. The maximum absolute atomic E-state index is 4.32. The lowest BCUT2D eigenvalue weighted by molar-refractivity contribution is 0.729. The monoisotopic (exact) mass is 217 g/mol. The molecule has 0 N–H and O–H groups in total. The molecule has 2 aromatic heterocycles. The molecule has 0 radical (unpaired) electrons. The normalized spacial score (nSPS) is 10.9. The van der Waals surface area contributed by atoms with Gasteiger partial charge in [-0.2, -0.15) is 0 Å². The smallest absolute Gasteiger partial charge is 0.138 e. The van der Waals surface area contributed by atoms with E-state index in [0.717, 1.165) is 18.7 Å². The molecule has 0 spiro atoms. The van der Waals surface area contributed by atoms with Gasteiger partial charge in [0.25, 0.3) is 0 Å². The van der Waals surface area contributed by atoms with Gasteiger partial charge >= 0.3 is 0 Å². The lowest BCUT2D eigenvalue weighted by Gasteiger charge is -2.24. The van der Waals surface area contributed by atoms with Crippen molar-refractivity contribution in [1.82, 2.24) is 9.38 Å². The molecule has 0 aliphatic rings. The first-order valence-electron chi connectivity index (χ1n) is 6.03. The molecule has 0 saturated heterocycles. The number of imidazole rings is 1. The summed E-state index contributed by atoms with van der Waals surface area (Å²) in [7, 11) is 0. The molecule has 0 aromatic carbocycles. The van der Waals surface area contributed by atoms with Crippen LogP contribution in [0.2, 0.25) is 0 Å². The van der Waals surface area contributed by atoms with Crippen LogP contribution in [-0.2, 0) is 0 Å². The summed E-state index contributed by atoms with van der Waals surface area (Å²) in [5.74, 6) is 1.25. The predicted octanol–water partition coefficient (Wildman–Crippen LogP) is 2.96. The molecule has 0 aliphatic heterocycles. The highest BCUT2D eigenvalue weighted by Gasteiger charge is 2.07. The van der Waals surface area contributed by atoms with Crippen LogP contribution < -0.4 is 4.90 Å². The highest BCUT2D eigenvalue weighted by atomic mass is 15.2. The highest BCUT2D eigenvalue weighted by Crippen LogP contribution is 2.16. The quantitative estimate of drug-likeness (QED) is 0.767. The average Bonchev–Trinajstić information content (AvgIpc) is 2.76. The maximum Gasteiger partial charge on any atom is 0.138 e. The summed E-state index contributed by atoms with van der Waals surface area (Å²) in [6, 6.07) is 6.29. The van der Waals surface area contributed by atoms with E-state index in [0.29, 0.717) is 0 Å². The van der Waals surface area contributed by atoms with Gasteiger partial charge < -0.3 is 4.90 Å². The van der Waals surface area contributed by atoms with Crippen LogP contribution in [0.4, 0.5) is 5.82 Å². The largest absolute Gasteiger partial charge is 0.358 e. The Hall–Kier alpha value is -1.51. The number of aromatic nitrogens is 2. The molecule has 2 heterocycles. The van der Waals surface area contributed by atoms with E-state index in [9.17, 15) is 0 Å². The maximum atomic E-state index is 4.32. The number of hydrogen-bond acceptors (Lipinski definition) is 2. The van der Waals surface area contributed by atoms with Gasteiger partial charge in [0.1, 0.15) is 11.5 Å². The van der Waals surface area contributed by atoms with Gasteiger partial charge in [-0.15, -0.1) is 0 Å². The Kier molecular flexibility index (Phi) is 3.44. The minimum Gasteiger partial charge on any atom is -0.358 e. The van der Waals surface area contributed by atoms with Crippen molar-refractivity contribution in [1.29, 1.82) is 0 Å². The van der Waals surface area contributed by atoms with Crippen LogP contribution in [-0.4, -0.2) is 22.5 Å². The SMILES string of the molecule is CCCN(CCC)c1cccc2nccn12. The van der Waals surface area contributed by atoms with E-state index in [1.165, 1.54) is 18.7 Å². The summed E-state index contributed by atoms with van der Waals surface area (Å²) in [6.07, 6.45) is 6.23. The van der Waals surface area contributed by atoms with Crippen LogP contribution >= 0.6 is 0 Å². The molecule has 0 saturated carbocycles. The van der Waals surface area contributed by atoms with Gasteiger partial charge in [0.15, 0.2) is 0 Å². The van der Waals surface area contributed by atoms with Crippen LogP contribution in [0.15, 0.2) is 30.6 Å². The number of hydrogen-bond donors (Lipinski definition) is 0. The van der Waals surface area contributed by atoms with E-state index in [4.69, 9.17) is 0 Å². The Morgan fingerprint density at radius 2 is 1.94 bits per heavy atom. The number of anilines is 1. The Balaban J connectivity index is 2.38. The topological polar surface area (TPSA) is 20.5 Å². The van der Waals surface area contributed by atoms with Crippen LogP contribution in [0.1, 0.15) is 26.7 Å². The Bertz CT molecular complexity index is 441. The molecule has 2 aromatic rings. The van der Waals surface area contributed by atoms with Gasteiger partial charge in [-0.25, -0.2) is 4.98 Å². The zero-order valence-corrected chi connectivity index (χ0v) is 10.1. The second-order valence-electron chi connectivity index (χ2n) is 4.03. The standard InChI is InChI=1S/C13H19N3/c1-3-9-15(10-4-2)13-7-5-6-12-14-8-11-16(12)13/h5-8,11H,3-4,9-10H2,1-2H3. The summed E-state index contributed by atoms with van der Waals surface area (Å²) in [4.78, 5) is 6.74. The number of nitrogens with zero attached hydrogens (tertiary/aromatic N) is 3. The van der Waals surface area contributed by atoms with E-state index in [-0.39, 0.29) is 0 Å². The van der Waals surface area contributed by atoms with Crippen molar-refractivity contribution in [3.63, 3.8) is 0 Å². The van der Waals surface area contributed by atoms with Crippen molar-refractivity contribution in [2.24, 2.45) is 0 Å². The van der Waals surface area contributed by atoms with Gasteiger partial charge in [0.2, 0.25) is 0 Å². The first-order valence-corrected chi connectivity index (χ1v) is 6.03. The molecule has 3 nitrogen and oxygen atoms in total. The lowest BCUT2D eigenvalue weighted by Crippen LogP contribution is -2.26. The van der Waals surface area contributed by atoms with E-state index in [1.54, 1.807) is 0 Å². The van der Waals surface area contributed by atoms with Gasteiger partial charge in [-0.05, 0) is 25.0 Å². The number of fused-ring (bicyclic) bond motifs is 1. The minimum absolute atomic E-state index is 1.02. The average molecular weight is 217 g/mol. The van der Waals surface area contributed by atoms with Crippen molar-refractivity contribution in [2.75, 3.05) is 18.0 Å². The van der Waals surface area contributed by atoms with Crippen molar-refractivity contribution in [3.05, 3.63) is 30.6 Å². The molecule has 16 heavy (non-hydrogen) atoms. The third-order valence-electron chi connectivity index (χ3n) is 2.72. The fraction of sp³-hybridized carbons (Fsp3) is 0.462. The molecule has 2 rings (SSSR count). The molecular weight excluding hydrogens is 198 g/mol. The van der Waals surface area contributed by atoms with E-state index >= 15 is 0 Å². The van der Waals surface area contributed by atoms with Crippen LogP contribution in [0.5, 0.6) is 0 Å². The summed E-state index contributed by atoms with van der Waals surface area (Å²) in [5.41, 5.74) is 1.02. The van der Waals surface area contributed by atoms with E-state index in [1.807, 2.05) is 18.5 Å². The predicted molar refractivity (Wildman–Crippen MR) is 68.0 cm³/mol. The molecule has 0 aliphatic carbocycles. The molecule has 0 atom stereocenters. The van der Waals surface area contributed by atoms with Crippen molar-refractivity contribution in [3.8, 4) is 0 Å². The lowest BCUT2D eigenvalue weighted by atomic mass is 10.3. The van der Waals surface area contributed by atoms with Crippen molar-refractivity contribution < 1.29 is 0 Å². The molecule has 0 fully saturated rings. The molecular formula is C13H19N3. The second-order valence-corrected chi connectivity index (χ2v) is 4.03. The fourth-order valence-electron chi connectivity index (χ4n) is 2.07. The van der Waals surface area contributed by atoms with Crippen LogP contribution in [0.25, 0.3) is 5.65 Å². The van der Waals surface area contributed by atoms with Crippen molar-refractivity contribution >= 4 is 11.5 Å². The molecule has 0 unspecified atom stereocenters. The summed E-state index contributed by atoms with van der Waals surface area (Å²) in [6.45, 7) is 6.64. The van der Waals surface area contributed by atoms with Crippen molar-refractivity contribution in [2.45, 2.75) is 26.7 Å². The number of pyridine rings is 1. The zero-order chi connectivity index (χ0) is 11.4. The molecule has 3 heteroatoms. The summed E-state index contributed by atoms with van der Waals surface area (Å²) < 4.78 is 2.16. The van der Waals surface area contributed by atoms with Gasteiger partial charge in [-0.3, -0.25) is 4.40 Å². The molecule has 0 bridgehead atoms. The second kappa shape index (κ2) is 5.01. The van der Waals surface area contributed by atoms with Gasteiger partial charge in [-0.1, -0.05) is 19.9 Å². The minimum atomic E-state index is 1.02. The Morgan fingerprint density at radius 3 is 2.62 bits per heavy atom. The first kappa shape index (κ1) is 11.0. The fourth-order valence-corrected chi connectivity index (χ4v) is 2.07. The zero-order valence-electron chi connectivity index (χ0n) is 10.1. The summed E-state index contributed by atoms with van der Waals surface area (Å²) in [5, 5.41) is 0. The summed E-state index contributed by atoms with van der Waals surface area (Å²) >= 11 is 0. The highest BCUT2D eigenvalue weighted by molar-refractivity contribution is 5.51. The number of rotatable bonds is 5. The third-order valence-corrected chi connectivity index (χ3v) is 2.72. The van der Waals surface area contributed by atoms with Gasteiger partial charge in [0, 0.05) is 25.5 Å². The van der Waals surface area contributed by atoms with Gasteiger partial charge in [0.05, 0.1) is 0 Å². The Labute approximate surface area is 96.7 Å². The van der Waals surface area contributed by atoms with Crippen LogP contribution in [0.3, 0.4) is 0 Å². The Morgan fingerprint density at radius 1 is 1.19 bits per heavy atom. The van der Waals surface area contributed by atoms with E-state index < -0.39 is 0 Å². The van der Waals surface area contributed by atoms with Crippen LogP contribution in [0, 0.1) is 0 Å². The first-order chi connectivity index (χ1) is 7.86. The third kappa shape index (κ3) is 2.03. The molecule has 0 amide bonds. The van der Waals surface area contributed by atoms with E-state index in [2.05, 4.69) is 40.3 Å².